The first kappa shape index (κ1) is 20.1. The molecule has 1 fully saturated rings. The molecule has 0 spiro atoms. The van der Waals surface area contributed by atoms with Crippen molar-refractivity contribution in [3.63, 3.8) is 0 Å². The predicted octanol–water partition coefficient (Wildman–Crippen LogP) is 4.07. The molecule has 26 heavy (non-hydrogen) atoms. The second-order valence-electron chi connectivity index (χ2n) is 6.36. The smallest absolute Gasteiger partial charge is 0.352 e. The van der Waals surface area contributed by atoms with Gasteiger partial charge in [-0.05, 0) is 50.0 Å². The first-order valence-electron chi connectivity index (χ1n) is 8.74. The van der Waals surface area contributed by atoms with E-state index in [1.165, 1.54) is 35.2 Å². The van der Waals surface area contributed by atoms with Crippen LogP contribution in [0.2, 0.25) is 0 Å². The van der Waals surface area contributed by atoms with Gasteiger partial charge in [-0.3, -0.25) is 0 Å². The van der Waals surface area contributed by atoms with Gasteiger partial charge in [0, 0.05) is 19.0 Å². The van der Waals surface area contributed by atoms with E-state index in [0.29, 0.717) is 4.91 Å². The number of aliphatic carboxylic acids is 1. The fourth-order valence-electron chi connectivity index (χ4n) is 2.72. The second kappa shape index (κ2) is 10.1. The molecule has 2 rings (SSSR count). The van der Waals surface area contributed by atoms with Crippen LogP contribution in [0.4, 0.5) is 0 Å². The van der Waals surface area contributed by atoms with Gasteiger partial charge < -0.3 is 14.7 Å². The van der Waals surface area contributed by atoms with Crippen molar-refractivity contribution in [3.05, 3.63) is 53.1 Å². The lowest BCUT2D eigenvalue weighted by molar-refractivity contribution is -0.144. The van der Waals surface area contributed by atoms with Crippen LogP contribution in [-0.2, 0) is 14.3 Å². The summed E-state index contributed by atoms with van der Waals surface area (Å²) in [5.74, 6) is -1.44. The van der Waals surface area contributed by atoms with E-state index in [0.717, 1.165) is 30.6 Å². The van der Waals surface area contributed by atoms with E-state index in [-0.39, 0.29) is 11.8 Å². The van der Waals surface area contributed by atoms with E-state index < -0.39 is 11.9 Å². The summed E-state index contributed by atoms with van der Waals surface area (Å²) >= 11 is 1.28. The minimum atomic E-state index is -1.05. The number of thioether (sulfide) groups is 1. The number of allylic oxidation sites excluding steroid dienone is 2. The van der Waals surface area contributed by atoms with Crippen LogP contribution in [0.3, 0.4) is 0 Å². The molecule has 0 radical (unpaired) electrons. The number of benzene rings is 1. The Balaban J connectivity index is 2.22. The summed E-state index contributed by atoms with van der Waals surface area (Å²) in [4.78, 5) is 26.8. The molecule has 0 unspecified atom stereocenters. The van der Waals surface area contributed by atoms with Crippen molar-refractivity contribution in [2.75, 3.05) is 14.1 Å². The average Bonchev–Trinajstić information content (AvgIpc) is 2.62. The largest absolute Gasteiger partial charge is 0.477 e. The molecule has 0 heterocycles. The number of carbonyl (C=O) groups excluding carboxylic acids is 1. The number of carboxylic acid groups (broad SMARTS) is 1. The average molecular weight is 375 g/mol. The van der Waals surface area contributed by atoms with Gasteiger partial charge in [-0.25, -0.2) is 9.59 Å². The fraction of sp³-hybridized carbons (Fsp3) is 0.400. The molecule has 1 aliphatic carbocycles. The number of esters is 1. The van der Waals surface area contributed by atoms with Crippen LogP contribution in [-0.4, -0.2) is 42.1 Å². The number of likely N-dealkylation sites (N-methyl/N-ethyl adjacent to an activating group) is 1. The number of carbonyl (C=O) groups is 2. The lowest BCUT2D eigenvalue weighted by Crippen LogP contribution is -2.21. The molecular weight excluding hydrogens is 350 g/mol. The molecule has 0 aromatic heterocycles. The van der Waals surface area contributed by atoms with Crippen molar-refractivity contribution in [2.24, 2.45) is 0 Å². The highest BCUT2D eigenvalue weighted by molar-refractivity contribution is 8.04. The van der Waals surface area contributed by atoms with E-state index in [1.807, 2.05) is 30.3 Å². The van der Waals surface area contributed by atoms with Gasteiger partial charge in [0.25, 0.3) is 0 Å². The molecule has 0 amide bonds. The Hall–Kier alpha value is -2.21. The molecule has 1 aliphatic rings. The molecule has 0 atom stereocenters. The topological polar surface area (TPSA) is 66.8 Å². The van der Waals surface area contributed by atoms with Crippen LogP contribution in [0.25, 0.3) is 0 Å². The quantitative estimate of drug-likeness (QED) is 0.335. The number of rotatable bonds is 7. The van der Waals surface area contributed by atoms with E-state index in [9.17, 15) is 14.7 Å². The van der Waals surface area contributed by atoms with Gasteiger partial charge in [0.05, 0.1) is 4.91 Å². The maximum atomic E-state index is 12.7. The van der Waals surface area contributed by atoms with Crippen LogP contribution >= 0.6 is 11.8 Å². The van der Waals surface area contributed by atoms with E-state index >= 15 is 0 Å². The molecule has 0 aliphatic heterocycles. The Morgan fingerprint density at radius 3 is 2.35 bits per heavy atom. The fourth-order valence-corrected chi connectivity index (χ4v) is 3.53. The summed E-state index contributed by atoms with van der Waals surface area (Å²) in [6, 6.07) is 9.50. The Bertz CT molecular complexity index is 676. The maximum Gasteiger partial charge on any atom is 0.352 e. The summed E-state index contributed by atoms with van der Waals surface area (Å²) in [7, 11) is 3.30. The highest BCUT2D eigenvalue weighted by Gasteiger charge is 2.21. The molecule has 1 saturated carbocycles. The second-order valence-corrected chi connectivity index (χ2v) is 7.48. The molecule has 1 aromatic rings. The van der Waals surface area contributed by atoms with Gasteiger partial charge in [0.15, 0.2) is 0 Å². The van der Waals surface area contributed by atoms with Crippen molar-refractivity contribution >= 4 is 23.7 Å². The van der Waals surface area contributed by atoms with Crippen LogP contribution in [0, 0.1) is 0 Å². The molecule has 6 heteroatoms. The van der Waals surface area contributed by atoms with Crippen molar-refractivity contribution < 1.29 is 19.4 Å². The predicted molar refractivity (Wildman–Crippen MR) is 103 cm³/mol. The number of hydrogen-bond donors (Lipinski definition) is 1. The highest BCUT2D eigenvalue weighted by atomic mass is 32.2. The van der Waals surface area contributed by atoms with Crippen LogP contribution in [0.5, 0.6) is 0 Å². The normalized spacial score (nSPS) is 16.2. The maximum absolute atomic E-state index is 12.7. The Labute approximate surface area is 158 Å². The Kier molecular flexibility index (Phi) is 7.78. The van der Waals surface area contributed by atoms with Gasteiger partial charge >= 0.3 is 11.9 Å². The first-order chi connectivity index (χ1) is 12.5. The number of hydrogen-bond acceptors (Lipinski definition) is 5. The summed E-state index contributed by atoms with van der Waals surface area (Å²) in [5.41, 5.74) is 0.0987. The van der Waals surface area contributed by atoms with E-state index in [4.69, 9.17) is 4.74 Å². The monoisotopic (exact) mass is 375 g/mol. The zero-order chi connectivity index (χ0) is 18.9. The minimum absolute atomic E-state index is 0.0483. The Morgan fingerprint density at radius 1 is 1.12 bits per heavy atom. The standard InChI is InChI=1S/C20H25NO4S/c1-21(2)17(19(22)23)13-14-18(26-16-11-7-4-8-12-16)20(24)25-15-9-5-3-6-10-15/h4,7-8,11-15H,3,5-6,9-10H2,1-2H3,(H,22,23)/b17-13-,18-14-. The third-order valence-electron chi connectivity index (χ3n) is 4.09. The Morgan fingerprint density at radius 2 is 1.77 bits per heavy atom. The number of carboxylic acids is 1. The molecular formula is C20H25NO4S. The van der Waals surface area contributed by atoms with Crippen molar-refractivity contribution in [3.8, 4) is 0 Å². The van der Waals surface area contributed by atoms with Crippen molar-refractivity contribution in [1.82, 2.24) is 4.90 Å². The van der Waals surface area contributed by atoms with Crippen LogP contribution in [0.15, 0.2) is 58.0 Å². The van der Waals surface area contributed by atoms with Crippen molar-refractivity contribution in [2.45, 2.75) is 43.1 Å². The molecule has 0 saturated heterocycles. The summed E-state index contributed by atoms with van der Waals surface area (Å²) in [5, 5.41) is 9.28. The SMILES string of the molecule is CN(C)/C(=C\C=C(/Sc1ccccc1)C(=O)OC1CCCCC1)C(=O)O. The molecule has 140 valence electrons. The van der Waals surface area contributed by atoms with Crippen LogP contribution < -0.4 is 0 Å². The number of ether oxygens (including phenoxy) is 1. The molecule has 1 aromatic carbocycles. The molecule has 5 nitrogen and oxygen atoms in total. The molecule has 0 bridgehead atoms. The van der Waals surface area contributed by atoms with E-state index in [1.54, 1.807) is 14.1 Å². The zero-order valence-corrected chi connectivity index (χ0v) is 16.0. The van der Waals surface area contributed by atoms with Gasteiger partial charge in [-0.1, -0.05) is 36.4 Å². The first-order valence-corrected chi connectivity index (χ1v) is 9.55. The minimum Gasteiger partial charge on any atom is -0.477 e. The third-order valence-corrected chi connectivity index (χ3v) is 5.12. The van der Waals surface area contributed by atoms with Crippen LogP contribution in [0.1, 0.15) is 32.1 Å². The van der Waals surface area contributed by atoms with Crippen molar-refractivity contribution in [1.29, 1.82) is 0 Å². The summed E-state index contributed by atoms with van der Waals surface area (Å²) in [6.07, 6.45) is 8.04. The number of nitrogens with zero attached hydrogens (tertiary/aromatic N) is 1. The molecule has 1 N–H and O–H groups in total. The zero-order valence-electron chi connectivity index (χ0n) is 15.2. The van der Waals surface area contributed by atoms with E-state index in [2.05, 4.69) is 0 Å². The highest BCUT2D eigenvalue weighted by Crippen LogP contribution is 2.29. The lowest BCUT2D eigenvalue weighted by Gasteiger charge is -2.22. The summed E-state index contributed by atoms with van der Waals surface area (Å²) in [6.45, 7) is 0. The lowest BCUT2D eigenvalue weighted by atomic mass is 9.98. The third kappa shape index (κ3) is 6.26. The van der Waals surface area contributed by atoms with Gasteiger partial charge in [0.2, 0.25) is 0 Å². The van der Waals surface area contributed by atoms with Gasteiger partial charge in [0.1, 0.15) is 11.8 Å². The van der Waals surface area contributed by atoms with Gasteiger partial charge in [-0.15, -0.1) is 0 Å². The summed E-state index contributed by atoms with van der Waals surface area (Å²) < 4.78 is 5.66. The van der Waals surface area contributed by atoms with Gasteiger partial charge in [-0.2, -0.15) is 0 Å².